The molecule has 2 heterocycles. The number of halogens is 3. The summed E-state index contributed by atoms with van der Waals surface area (Å²) in [6, 6.07) is 10.2. The summed E-state index contributed by atoms with van der Waals surface area (Å²) in [6.45, 7) is 0.0188. The molecule has 0 saturated carbocycles. The van der Waals surface area contributed by atoms with Gasteiger partial charge in [-0.3, -0.25) is 14.5 Å². The standard InChI is InChI=1S/C16H14F3N5O/c17-16(18,19)11-6-7-12-22-23-13(24(12)9-11)8-21-14(15(20)25)10-4-2-1-3-5-10/h1-7,9,14,21H,8H2,(H2,20,25)/t14-/m1/s1. The Morgan fingerprint density at radius 1 is 1.16 bits per heavy atom. The van der Waals surface area contributed by atoms with Crippen LogP contribution in [0.25, 0.3) is 5.65 Å². The Kier molecular flexibility index (Phi) is 4.41. The lowest BCUT2D eigenvalue weighted by atomic mass is 10.1. The monoisotopic (exact) mass is 349 g/mol. The van der Waals surface area contributed by atoms with E-state index in [2.05, 4.69) is 15.5 Å². The van der Waals surface area contributed by atoms with E-state index in [4.69, 9.17) is 5.73 Å². The highest BCUT2D eigenvalue weighted by atomic mass is 19.4. The first kappa shape index (κ1) is 16.9. The minimum Gasteiger partial charge on any atom is -0.368 e. The van der Waals surface area contributed by atoms with Crippen LogP contribution in [0.5, 0.6) is 0 Å². The van der Waals surface area contributed by atoms with Gasteiger partial charge in [-0.2, -0.15) is 13.2 Å². The molecule has 25 heavy (non-hydrogen) atoms. The molecular formula is C16H14F3N5O. The van der Waals surface area contributed by atoms with Crippen LogP contribution in [0.2, 0.25) is 0 Å². The third-order valence-electron chi connectivity index (χ3n) is 3.68. The maximum Gasteiger partial charge on any atom is 0.417 e. The van der Waals surface area contributed by atoms with Crippen LogP contribution >= 0.6 is 0 Å². The number of primary amides is 1. The second kappa shape index (κ2) is 6.52. The summed E-state index contributed by atoms with van der Waals surface area (Å²) in [5.74, 6) is -0.362. The number of rotatable bonds is 5. The number of nitrogens with one attached hydrogen (secondary N) is 1. The van der Waals surface area contributed by atoms with Crippen LogP contribution in [0, 0.1) is 0 Å². The number of pyridine rings is 1. The van der Waals surface area contributed by atoms with Crippen molar-refractivity contribution in [3.05, 3.63) is 65.6 Å². The number of benzene rings is 1. The van der Waals surface area contributed by atoms with Crippen LogP contribution in [0.15, 0.2) is 48.7 Å². The number of carbonyl (C=O) groups is 1. The fourth-order valence-corrected chi connectivity index (χ4v) is 2.45. The molecule has 0 unspecified atom stereocenters. The van der Waals surface area contributed by atoms with Gasteiger partial charge in [0, 0.05) is 6.20 Å². The average molecular weight is 349 g/mol. The number of fused-ring (bicyclic) bond motifs is 1. The predicted octanol–water partition coefficient (Wildman–Crippen LogP) is 2.06. The summed E-state index contributed by atoms with van der Waals surface area (Å²) in [4.78, 5) is 11.7. The third-order valence-corrected chi connectivity index (χ3v) is 3.68. The van der Waals surface area contributed by atoms with Crippen LogP contribution in [-0.4, -0.2) is 20.5 Å². The van der Waals surface area contributed by atoms with Crippen molar-refractivity contribution in [2.45, 2.75) is 18.8 Å². The van der Waals surface area contributed by atoms with Gasteiger partial charge in [-0.15, -0.1) is 10.2 Å². The molecule has 0 radical (unpaired) electrons. The van der Waals surface area contributed by atoms with Crippen LogP contribution in [0.1, 0.15) is 23.0 Å². The minimum absolute atomic E-state index is 0.0188. The Balaban J connectivity index is 1.86. The maximum atomic E-state index is 12.9. The molecule has 0 aliphatic rings. The van der Waals surface area contributed by atoms with Gasteiger partial charge in [0.1, 0.15) is 6.04 Å². The van der Waals surface area contributed by atoms with E-state index >= 15 is 0 Å². The zero-order valence-electron chi connectivity index (χ0n) is 12.9. The lowest BCUT2D eigenvalue weighted by Crippen LogP contribution is -2.33. The smallest absolute Gasteiger partial charge is 0.368 e. The van der Waals surface area contributed by atoms with E-state index in [1.54, 1.807) is 30.3 Å². The van der Waals surface area contributed by atoms with E-state index in [0.29, 0.717) is 5.56 Å². The van der Waals surface area contributed by atoms with E-state index < -0.39 is 23.7 Å². The number of hydrogen-bond donors (Lipinski definition) is 2. The topological polar surface area (TPSA) is 85.3 Å². The number of nitrogens with two attached hydrogens (primary N) is 1. The Morgan fingerprint density at radius 2 is 1.88 bits per heavy atom. The molecule has 6 nitrogen and oxygen atoms in total. The first-order valence-corrected chi connectivity index (χ1v) is 7.35. The van der Waals surface area contributed by atoms with Crippen LogP contribution in [0.3, 0.4) is 0 Å². The van der Waals surface area contributed by atoms with Gasteiger partial charge < -0.3 is 5.73 Å². The van der Waals surface area contributed by atoms with Gasteiger partial charge in [0.25, 0.3) is 0 Å². The van der Waals surface area contributed by atoms with Crippen molar-refractivity contribution in [2.75, 3.05) is 0 Å². The largest absolute Gasteiger partial charge is 0.417 e. The van der Waals surface area contributed by atoms with E-state index in [1.165, 1.54) is 10.5 Å². The molecule has 1 aromatic carbocycles. The van der Waals surface area contributed by atoms with Gasteiger partial charge in [0.15, 0.2) is 11.5 Å². The molecule has 0 aliphatic heterocycles. The molecule has 1 amide bonds. The van der Waals surface area contributed by atoms with Crippen molar-refractivity contribution in [1.82, 2.24) is 19.9 Å². The molecule has 0 aliphatic carbocycles. The van der Waals surface area contributed by atoms with E-state index in [9.17, 15) is 18.0 Å². The fraction of sp³-hybridized carbons (Fsp3) is 0.188. The number of nitrogens with zero attached hydrogens (tertiary/aromatic N) is 3. The van der Waals surface area contributed by atoms with E-state index in [0.717, 1.165) is 12.3 Å². The molecule has 3 aromatic rings. The highest BCUT2D eigenvalue weighted by Crippen LogP contribution is 2.29. The van der Waals surface area contributed by atoms with Crippen molar-refractivity contribution in [1.29, 1.82) is 0 Å². The quantitative estimate of drug-likeness (QED) is 0.738. The summed E-state index contributed by atoms with van der Waals surface area (Å²) in [5.41, 5.74) is 5.53. The van der Waals surface area contributed by atoms with E-state index in [-0.39, 0.29) is 18.0 Å². The second-order valence-electron chi connectivity index (χ2n) is 5.39. The van der Waals surface area contributed by atoms with Crippen molar-refractivity contribution in [3.8, 4) is 0 Å². The van der Waals surface area contributed by atoms with Crippen LogP contribution in [-0.2, 0) is 17.5 Å². The molecule has 0 spiro atoms. The lowest BCUT2D eigenvalue weighted by Gasteiger charge is -2.15. The summed E-state index contributed by atoms with van der Waals surface area (Å²) in [5, 5.41) is 10.6. The van der Waals surface area contributed by atoms with Gasteiger partial charge in [0.2, 0.25) is 5.91 Å². The third kappa shape index (κ3) is 3.61. The van der Waals surface area contributed by atoms with Gasteiger partial charge in [-0.25, -0.2) is 0 Å². The Hall–Kier alpha value is -2.94. The summed E-state index contributed by atoms with van der Waals surface area (Å²) in [6.07, 6.45) is -3.54. The van der Waals surface area contributed by atoms with Gasteiger partial charge in [-0.05, 0) is 17.7 Å². The highest BCUT2D eigenvalue weighted by molar-refractivity contribution is 5.81. The number of aromatic nitrogens is 3. The summed E-state index contributed by atoms with van der Waals surface area (Å²) < 4.78 is 39.8. The minimum atomic E-state index is -4.47. The SMILES string of the molecule is NC(=O)[C@H](NCc1nnc2ccc(C(F)(F)F)cn12)c1ccccc1. The summed E-state index contributed by atoms with van der Waals surface area (Å²) >= 11 is 0. The van der Waals surface area contributed by atoms with E-state index in [1.807, 2.05) is 0 Å². The van der Waals surface area contributed by atoms with Crippen LogP contribution < -0.4 is 11.1 Å². The predicted molar refractivity (Wildman–Crippen MR) is 83.2 cm³/mol. The van der Waals surface area contributed by atoms with Gasteiger partial charge in [0.05, 0.1) is 12.1 Å². The highest BCUT2D eigenvalue weighted by Gasteiger charge is 2.31. The Bertz CT molecular complexity index is 892. The van der Waals surface area contributed by atoms with Crippen molar-refractivity contribution in [3.63, 3.8) is 0 Å². The molecule has 3 rings (SSSR count). The molecule has 0 bridgehead atoms. The Labute approximate surface area is 140 Å². The second-order valence-corrected chi connectivity index (χ2v) is 5.39. The zero-order chi connectivity index (χ0) is 18.0. The molecule has 1 atom stereocenters. The fourth-order valence-electron chi connectivity index (χ4n) is 2.45. The number of hydrogen-bond acceptors (Lipinski definition) is 4. The normalized spacial score (nSPS) is 13.1. The zero-order valence-corrected chi connectivity index (χ0v) is 12.9. The number of alkyl halides is 3. The molecular weight excluding hydrogens is 335 g/mol. The number of carbonyl (C=O) groups excluding carboxylic acids is 1. The number of amides is 1. The summed E-state index contributed by atoms with van der Waals surface area (Å²) in [7, 11) is 0. The van der Waals surface area contributed by atoms with Gasteiger partial charge >= 0.3 is 6.18 Å². The first-order valence-electron chi connectivity index (χ1n) is 7.35. The average Bonchev–Trinajstić information content (AvgIpc) is 2.97. The Morgan fingerprint density at radius 3 is 2.52 bits per heavy atom. The van der Waals surface area contributed by atoms with Gasteiger partial charge in [-0.1, -0.05) is 30.3 Å². The molecule has 0 fully saturated rings. The lowest BCUT2D eigenvalue weighted by molar-refractivity contribution is -0.137. The van der Waals surface area contributed by atoms with Crippen molar-refractivity contribution in [2.24, 2.45) is 5.73 Å². The van der Waals surface area contributed by atoms with Crippen LogP contribution in [0.4, 0.5) is 13.2 Å². The van der Waals surface area contributed by atoms with Crippen molar-refractivity contribution < 1.29 is 18.0 Å². The molecule has 2 aromatic heterocycles. The van der Waals surface area contributed by atoms with Crippen molar-refractivity contribution >= 4 is 11.6 Å². The molecule has 0 saturated heterocycles. The maximum absolute atomic E-state index is 12.9. The molecule has 9 heteroatoms. The first-order chi connectivity index (χ1) is 11.9. The molecule has 130 valence electrons. The molecule has 3 N–H and O–H groups in total.